The average Bonchev–Trinajstić information content (AvgIpc) is 2.46. The molecule has 0 fully saturated rings. The number of rotatable bonds is 6. The largest absolute Gasteiger partial charge is 0.478 e. The van der Waals surface area contributed by atoms with Gasteiger partial charge in [-0.1, -0.05) is 29.3 Å². The minimum atomic E-state index is -1.11. The summed E-state index contributed by atoms with van der Waals surface area (Å²) in [6.45, 7) is 0.362. The zero-order valence-electron chi connectivity index (χ0n) is 12.0. The molecular formula is C16H14Cl2N2O3. The van der Waals surface area contributed by atoms with Crippen LogP contribution in [0.4, 0.5) is 5.69 Å². The number of hydrogen-bond donors (Lipinski definition) is 3. The van der Waals surface area contributed by atoms with Gasteiger partial charge >= 0.3 is 5.97 Å². The maximum atomic E-state index is 11.2. The number of nitrogens with one attached hydrogen (secondary N) is 1. The Balaban J connectivity index is 2.23. The molecule has 0 radical (unpaired) electrons. The topological polar surface area (TPSA) is 92.4 Å². The van der Waals surface area contributed by atoms with Crippen LogP contribution in [0.25, 0.3) is 0 Å². The number of carbonyl (C=O) groups is 2. The van der Waals surface area contributed by atoms with Crippen molar-refractivity contribution in [1.82, 2.24) is 0 Å². The van der Waals surface area contributed by atoms with Crippen molar-refractivity contribution >= 4 is 40.8 Å². The van der Waals surface area contributed by atoms with Crippen LogP contribution in [-0.2, 0) is 17.8 Å². The molecule has 0 saturated heterocycles. The number of benzene rings is 2. The van der Waals surface area contributed by atoms with E-state index in [-0.39, 0.29) is 12.0 Å². The summed E-state index contributed by atoms with van der Waals surface area (Å²) in [6.07, 6.45) is -0.149. The Bertz CT molecular complexity index is 743. The summed E-state index contributed by atoms with van der Waals surface area (Å²) in [4.78, 5) is 22.3. The zero-order valence-corrected chi connectivity index (χ0v) is 13.5. The normalized spacial score (nSPS) is 10.3. The molecule has 2 aromatic rings. The van der Waals surface area contributed by atoms with Crippen LogP contribution in [0.2, 0.25) is 10.0 Å². The number of halogens is 2. The Morgan fingerprint density at radius 1 is 1.13 bits per heavy atom. The number of aromatic carboxylic acids is 1. The zero-order chi connectivity index (χ0) is 17.0. The second-order valence-electron chi connectivity index (χ2n) is 4.87. The smallest absolute Gasteiger partial charge is 0.335 e. The number of amides is 1. The lowest BCUT2D eigenvalue weighted by atomic mass is 10.0. The first-order valence-corrected chi connectivity index (χ1v) is 7.45. The van der Waals surface area contributed by atoms with Crippen molar-refractivity contribution in [3.8, 4) is 0 Å². The van der Waals surface area contributed by atoms with Crippen molar-refractivity contribution < 1.29 is 14.7 Å². The van der Waals surface area contributed by atoms with Gasteiger partial charge in [-0.2, -0.15) is 0 Å². The van der Waals surface area contributed by atoms with Crippen molar-refractivity contribution in [1.29, 1.82) is 0 Å². The van der Waals surface area contributed by atoms with Gasteiger partial charge in [0.25, 0.3) is 0 Å². The Morgan fingerprint density at radius 3 is 2.35 bits per heavy atom. The fourth-order valence-electron chi connectivity index (χ4n) is 2.14. The van der Waals surface area contributed by atoms with Gasteiger partial charge in [-0.25, -0.2) is 4.79 Å². The van der Waals surface area contributed by atoms with Crippen LogP contribution in [0.3, 0.4) is 0 Å². The van der Waals surface area contributed by atoms with E-state index in [0.717, 1.165) is 5.56 Å². The fraction of sp³-hybridized carbons (Fsp3) is 0.125. The first kappa shape index (κ1) is 17.1. The molecule has 120 valence electrons. The summed E-state index contributed by atoms with van der Waals surface area (Å²) in [5, 5.41) is 13.3. The van der Waals surface area contributed by atoms with Gasteiger partial charge in [-0.05, 0) is 35.9 Å². The molecule has 0 unspecified atom stereocenters. The standard InChI is InChI=1S/C16H14Cl2N2O3/c17-13-2-1-3-14(18)12(13)8-20-10-4-5-11(16(22)23)9(6-10)7-15(19)21/h1-6,20H,7-8H2,(H2,19,21)(H,22,23). The summed E-state index contributed by atoms with van der Waals surface area (Å²) in [5.74, 6) is -1.71. The molecule has 0 bridgehead atoms. The number of primary amides is 1. The van der Waals surface area contributed by atoms with Gasteiger partial charge in [0.2, 0.25) is 5.91 Å². The monoisotopic (exact) mass is 352 g/mol. The lowest BCUT2D eigenvalue weighted by molar-refractivity contribution is -0.117. The van der Waals surface area contributed by atoms with E-state index in [0.29, 0.717) is 27.8 Å². The molecule has 2 aromatic carbocycles. The Hall–Kier alpha value is -2.24. The number of carbonyl (C=O) groups excluding carboxylic acids is 1. The molecule has 0 aliphatic rings. The van der Waals surface area contributed by atoms with E-state index in [4.69, 9.17) is 34.0 Å². The summed E-state index contributed by atoms with van der Waals surface area (Å²) >= 11 is 12.2. The van der Waals surface area contributed by atoms with Crippen LogP contribution in [0.15, 0.2) is 36.4 Å². The maximum Gasteiger partial charge on any atom is 0.335 e. The molecule has 1 amide bonds. The van der Waals surface area contributed by atoms with Crippen LogP contribution in [0.5, 0.6) is 0 Å². The third kappa shape index (κ3) is 4.37. The quantitative estimate of drug-likeness (QED) is 0.743. The van der Waals surface area contributed by atoms with E-state index in [2.05, 4.69) is 5.32 Å². The SMILES string of the molecule is NC(=O)Cc1cc(NCc2c(Cl)cccc2Cl)ccc1C(=O)O. The van der Waals surface area contributed by atoms with Crippen molar-refractivity contribution in [3.63, 3.8) is 0 Å². The fourth-order valence-corrected chi connectivity index (χ4v) is 2.67. The van der Waals surface area contributed by atoms with Crippen LogP contribution in [0, 0.1) is 0 Å². The summed E-state index contributed by atoms with van der Waals surface area (Å²) in [7, 11) is 0. The lowest BCUT2D eigenvalue weighted by Gasteiger charge is -2.12. The third-order valence-electron chi connectivity index (χ3n) is 3.23. The first-order valence-electron chi connectivity index (χ1n) is 6.69. The second-order valence-corrected chi connectivity index (χ2v) is 5.69. The molecular weight excluding hydrogens is 339 g/mol. The van der Waals surface area contributed by atoms with Crippen molar-refractivity contribution in [2.24, 2.45) is 5.73 Å². The molecule has 4 N–H and O–H groups in total. The molecule has 0 aliphatic carbocycles. The first-order chi connectivity index (χ1) is 10.9. The van der Waals surface area contributed by atoms with E-state index in [1.54, 1.807) is 30.3 Å². The molecule has 0 aliphatic heterocycles. The van der Waals surface area contributed by atoms with Crippen LogP contribution in [-0.4, -0.2) is 17.0 Å². The van der Waals surface area contributed by atoms with E-state index >= 15 is 0 Å². The molecule has 0 atom stereocenters. The summed E-state index contributed by atoms with van der Waals surface area (Å²) in [6, 6.07) is 9.84. The predicted octanol–water partition coefficient (Wildman–Crippen LogP) is 3.33. The highest BCUT2D eigenvalue weighted by molar-refractivity contribution is 6.36. The Morgan fingerprint density at radius 2 is 1.78 bits per heavy atom. The minimum absolute atomic E-state index is 0.0464. The number of carboxylic acid groups (broad SMARTS) is 1. The molecule has 0 saturated carbocycles. The van der Waals surface area contributed by atoms with Gasteiger partial charge in [0.15, 0.2) is 0 Å². The number of hydrogen-bond acceptors (Lipinski definition) is 3. The van der Waals surface area contributed by atoms with Gasteiger partial charge in [0.05, 0.1) is 12.0 Å². The minimum Gasteiger partial charge on any atom is -0.478 e. The van der Waals surface area contributed by atoms with Gasteiger partial charge in [-0.15, -0.1) is 0 Å². The van der Waals surface area contributed by atoms with E-state index < -0.39 is 11.9 Å². The molecule has 2 rings (SSSR count). The molecule has 0 spiro atoms. The molecule has 0 aromatic heterocycles. The van der Waals surface area contributed by atoms with Crippen molar-refractivity contribution in [3.05, 3.63) is 63.1 Å². The van der Waals surface area contributed by atoms with E-state index in [1.165, 1.54) is 6.07 Å². The van der Waals surface area contributed by atoms with Crippen molar-refractivity contribution in [2.45, 2.75) is 13.0 Å². The van der Waals surface area contributed by atoms with Crippen LogP contribution in [0.1, 0.15) is 21.5 Å². The lowest BCUT2D eigenvalue weighted by Crippen LogP contribution is -2.16. The number of anilines is 1. The van der Waals surface area contributed by atoms with Gasteiger partial charge in [-0.3, -0.25) is 4.79 Å². The van der Waals surface area contributed by atoms with Gasteiger partial charge in [0.1, 0.15) is 0 Å². The van der Waals surface area contributed by atoms with E-state index in [9.17, 15) is 9.59 Å². The molecule has 7 heteroatoms. The van der Waals surface area contributed by atoms with E-state index in [1.807, 2.05) is 0 Å². The van der Waals surface area contributed by atoms with Crippen LogP contribution < -0.4 is 11.1 Å². The van der Waals surface area contributed by atoms with Crippen molar-refractivity contribution in [2.75, 3.05) is 5.32 Å². The highest BCUT2D eigenvalue weighted by Gasteiger charge is 2.13. The second kappa shape index (κ2) is 7.35. The summed E-state index contributed by atoms with van der Waals surface area (Å²) in [5.41, 5.74) is 6.93. The van der Waals surface area contributed by atoms with Gasteiger partial charge < -0.3 is 16.2 Å². The average molecular weight is 353 g/mol. The predicted molar refractivity (Wildman–Crippen MR) is 90.1 cm³/mol. The summed E-state index contributed by atoms with van der Waals surface area (Å²) < 4.78 is 0. The molecule has 5 nitrogen and oxygen atoms in total. The Labute approximate surface area is 143 Å². The molecule has 0 heterocycles. The highest BCUT2D eigenvalue weighted by atomic mass is 35.5. The highest BCUT2D eigenvalue weighted by Crippen LogP contribution is 2.25. The van der Waals surface area contributed by atoms with Gasteiger partial charge in [0, 0.05) is 27.8 Å². The maximum absolute atomic E-state index is 11.2. The number of nitrogens with two attached hydrogens (primary N) is 1. The number of carboxylic acids is 1. The third-order valence-corrected chi connectivity index (χ3v) is 3.94. The Kier molecular flexibility index (Phi) is 5.47. The van der Waals surface area contributed by atoms with Crippen LogP contribution >= 0.6 is 23.2 Å². The molecule has 23 heavy (non-hydrogen) atoms.